The maximum absolute atomic E-state index is 11.7. The molecule has 0 spiro atoms. The van der Waals surface area contributed by atoms with Gasteiger partial charge in [0.2, 0.25) is 0 Å². The number of ether oxygens (including phenoxy) is 1. The van der Waals surface area contributed by atoms with Crippen LogP contribution in [0.4, 0.5) is 0 Å². The summed E-state index contributed by atoms with van der Waals surface area (Å²) in [5, 5.41) is 0. The second-order valence-electron chi connectivity index (χ2n) is 5.57. The van der Waals surface area contributed by atoms with Gasteiger partial charge in [0.25, 0.3) is 0 Å². The zero-order valence-corrected chi connectivity index (χ0v) is 12.9. The first-order chi connectivity index (χ1) is 10.1. The molecule has 1 heterocycles. The molecule has 116 valence electrons. The number of aryl methyl sites for hydroxylation is 1. The predicted octanol–water partition coefficient (Wildman–Crippen LogP) is 0.613. The third kappa shape index (κ3) is 4.27. The zero-order chi connectivity index (χ0) is 15.2. The summed E-state index contributed by atoms with van der Waals surface area (Å²) in [5.74, 6) is -0.232. The number of carbonyl (C=O) groups excluding carboxylic acids is 1. The molecule has 5 nitrogen and oxygen atoms in total. The van der Waals surface area contributed by atoms with Crippen LogP contribution in [-0.2, 0) is 16.1 Å². The van der Waals surface area contributed by atoms with Crippen LogP contribution in [0.2, 0.25) is 0 Å². The number of methoxy groups -OCH3 is 1. The van der Waals surface area contributed by atoms with Crippen LogP contribution in [0.5, 0.6) is 0 Å². The maximum atomic E-state index is 11.7. The van der Waals surface area contributed by atoms with Gasteiger partial charge < -0.3 is 10.5 Å². The molecule has 5 heteroatoms. The van der Waals surface area contributed by atoms with Crippen molar-refractivity contribution in [3.05, 3.63) is 35.4 Å². The molecule has 0 aliphatic carbocycles. The number of nitrogens with zero attached hydrogens (tertiary/aromatic N) is 2. The van der Waals surface area contributed by atoms with E-state index in [0.717, 1.165) is 32.7 Å². The molecule has 1 aliphatic rings. The van der Waals surface area contributed by atoms with E-state index in [1.165, 1.54) is 18.2 Å². The normalized spacial score (nSPS) is 18.4. The highest BCUT2D eigenvalue weighted by atomic mass is 16.5. The molecule has 1 aromatic carbocycles. The number of nitrogens with two attached hydrogens (primary N) is 1. The van der Waals surface area contributed by atoms with Gasteiger partial charge in [-0.2, -0.15) is 0 Å². The van der Waals surface area contributed by atoms with E-state index in [0.29, 0.717) is 6.54 Å². The van der Waals surface area contributed by atoms with Gasteiger partial charge >= 0.3 is 5.97 Å². The highest BCUT2D eigenvalue weighted by Gasteiger charge is 2.28. The van der Waals surface area contributed by atoms with E-state index >= 15 is 0 Å². The van der Waals surface area contributed by atoms with Crippen molar-refractivity contribution < 1.29 is 9.53 Å². The van der Waals surface area contributed by atoms with Crippen LogP contribution in [0.15, 0.2) is 24.3 Å². The summed E-state index contributed by atoms with van der Waals surface area (Å²) < 4.78 is 4.82. The summed E-state index contributed by atoms with van der Waals surface area (Å²) in [6.45, 7) is 6.96. The van der Waals surface area contributed by atoms with Crippen LogP contribution in [0, 0.1) is 6.92 Å². The summed E-state index contributed by atoms with van der Waals surface area (Å²) in [6, 6.07) is 8.34. The smallest absolute Gasteiger partial charge is 0.324 e. The maximum Gasteiger partial charge on any atom is 0.324 e. The van der Waals surface area contributed by atoms with E-state index in [9.17, 15) is 4.79 Å². The Labute approximate surface area is 126 Å². The molecule has 1 atom stereocenters. The lowest BCUT2D eigenvalue weighted by atomic mass is 10.1. The minimum Gasteiger partial charge on any atom is -0.468 e. The number of hydrogen-bond acceptors (Lipinski definition) is 5. The lowest BCUT2D eigenvalue weighted by Crippen LogP contribution is -2.55. The van der Waals surface area contributed by atoms with E-state index in [1.807, 2.05) is 0 Å². The Morgan fingerprint density at radius 3 is 2.38 bits per heavy atom. The van der Waals surface area contributed by atoms with Crippen molar-refractivity contribution in [3.8, 4) is 0 Å². The Bertz CT molecular complexity index is 453. The third-order valence-corrected chi connectivity index (χ3v) is 4.07. The summed E-state index contributed by atoms with van der Waals surface area (Å²) in [5.41, 5.74) is 8.31. The highest BCUT2D eigenvalue weighted by Crippen LogP contribution is 2.12. The monoisotopic (exact) mass is 291 g/mol. The van der Waals surface area contributed by atoms with Crippen LogP contribution >= 0.6 is 0 Å². The van der Waals surface area contributed by atoms with E-state index in [2.05, 4.69) is 41.0 Å². The SMILES string of the molecule is COC(=O)[C@H](CN)N1CCN(Cc2ccc(C)cc2)CC1. The Balaban J connectivity index is 1.85. The molecule has 1 fully saturated rings. The summed E-state index contributed by atoms with van der Waals surface area (Å²) in [7, 11) is 1.42. The van der Waals surface area contributed by atoms with Crippen LogP contribution < -0.4 is 5.73 Å². The van der Waals surface area contributed by atoms with Gasteiger partial charge in [-0.25, -0.2) is 0 Å². The lowest BCUT2D eigenvalue weighted by Gasteiger charge is -2.37. The second-order valence-corrected chi connectivity index (χ2v) is 5.57. The number of benzene rings is 1. The van der Waals surface area contributed by atoms with Crippen LogP contribution in [0.1, 0.15) is 11.1 Å². The van der Waals surface area contributed by atoms with Crippen LogP contribution in [-0.4, -0.2) is 61.6 Å². The van der Waals surface area contributed by atoms with Crippen molar-refractivity contribution in [2.45, 2.75) is 19.5 Å². The number of hydrogen-bond donors (Lipinski definition) is 1. The van der Waals surface area contributed by atoms with E-state index in [4.69, 9.17) is 10.5 Å². The molecule has 0 amide bonds. The van der Waals surface area contributed by atoms with Gasteiger partial charge in [-0.3, -0.25) is 14.6 Å². The van der Waals surface area contributed by atoms with Crippen molar-refractivity contribution in [3.63, 3.8) is 0 Å². The standard InChI is InChI=1S/C16H25N3O2/c1-13-3-5-14(6-4-13)12-18-7-9-19(10-8-18)15(11-17)16(20)21-2/h3-6,15H,7-12,17H2,1-2H3/t15-/m0/s1. The molecular formula is C16H25N3O2. The largest absolute Gasteiger partial charge is 0.468 e. The van der Waals surface area contributed by atoms with Crippen molar-refractivity contribution in [2.75, 3.05) is 39.8 Å². The Kier molecular flexibility index (Phi) is 5.73. The molecule has 0 bridgehead atoms. The van der Waals surface area contributed by atoms with Gasteiger partial charge in [0, 0.05) is 39.3 Å². The van der Waals surface area contributed by atoms with Crippen molar-refractivity contribution in [2.24, 2.45) is 5.73 Å². The molecule has 1 aliphatic heterocycles. The number of piperazine rings is 1. The van der Waals surface area contributed by atoms with Crippen molar-refractivity contribution in [1.82, 2.24) is 9.80 Å². The minimum absolute atomic E-state index is 0.232. The summed E-state index contributed by atoms with van der Waals surface area (Å²) in [6.07, 6.45) is 0. The molecule has 2 N–H and O–H groups in total. The topological polar surface area (TPSA) is 58.8 Å². The molecule has 21 heavy (non-hydrogen) atoms. The first-order valence-electron chi connectivity index (χ1n) is 7.44. The fourth-order valence-electron chi connectivity index (χ4n) is 2.72. The molecule has 0 aromatic heterocycles. The van der Waals surface area contributed by atoms with Crippen molar-refractivity contribution in [1.29, 1.82) is 0 Å². The van der Waals surface area contributed by atoms with E-state index in [-0.39, 0.29) is 12.0 Å². The predicted molar refractivity (Wildman–Crippen MR) is 82.9 cm³/mol. The third-order valence-electron chi connectivity index (χ3n) is 4.07. The fraction of sp³-hybridized carbons (Fsp3) is 0.562. The van der Waals surface area contributed by atoms with E-state index < -0.39 is 0 Å². The molecule has 1 saturated heterocycles. The van der Waals surface area contributed by atoms with Gasteiger partial charge in [-0.15, -0.1) is 0 Å². The first-order valence-corrected chi connectivity index (χ1v) is 7.44. The molecule has 0 unspecified atom stereocenters. The average molecular weight is 291 g/mol. The molecular weight excluding hydrogens is 266 g/mol. The number of esters is 1. The molecule has 0 saturated carbocycles. The minimum atomic E-state index is -0.309. The molecule has 2 rings (SSSR count). The average Bonchev–Trinajstić information content (AvgIpc) is 2.51. The zero-order valence-electron chi connectivity index (χ0n) is 12.9. The van der Waals surface area contributed by atoms with Gasteiger partial charge in [0.1, 0.15) is 6.04 Å². The Hall–Kier alpha value is -1.43. The van der Waals surface area contributed by atoms with Crippen LogP contribution in [0.3, 0.4) is 0 Å². The quantitative estimate of drug-likeness (QED) is 0.806. The van der Waals surface area contributed by atoms with Gasteiger partial charge in [-0.1, -0.05) is 29.8 Å². The fourth-order valence-corrected chi connectivity index (χ4v) is 2.72. The van der Waals surface area contributed by atoms with Gasteiger partial charge in [-0.05, 0) is 12.5 Å². The van der Waals surface area contributed by atoms with Gasteiger partial charge in [0.15, 0.2) is 0 Å². The van der Waals surface area contributed by atoms with Gasteiger partial charge in [0.05, 0.1) is 7.11 Å². The highest BCUT2D eigenvalue weighted by molar-refractivity contribution is 5.75. The van der Waals surface area contributed by atoms with E-state index in [1.54, 1.807) is 0 Å². The number of rotatable bonds is 5. The summed E-state index contributed by atoms with van der Waals surface area (Å²) >= 11 is 0. The second kappa shape index (κ2) is 7.54. The Morgan fingerprint density at radius 2 is 1.86 bits per heavy atom. The van der Waals surface area contributed by atoms with Crippen LogP contribution in [0.25, 0.3) is 0 Å². The Morgan fingerprint density at radius 1 is 1.24 bits per heavy atom. The molecule has 0 radical (unpaired) electrons. The lowest BCUT2D eigenvalue weighted by molar-refractivity contribution is -0.147. The first kappa shape index (κ1) is 15.9. The molecule has 1 aromatic rings. The van der Waals surface area contributed by atoms with Crippen molar-refractivity contribution >= 4 is 5.97 Å². The summed E-state index contributed by atoms with van der Waals surface area (Å²) in [4.78, 5) is 16.2. The number of carbonyl (C=O) groups is 1.